The molecule has 0 unspecified atom stereocenters. The highest BCUT2D eigenvalue weighted by molar-refractivity contribution is 5.85. The van der Waals surface area contributed by atoms with Gasteiger partial charge in [0, 0.05) is 12.4 Å². The van der Waals surface area contributed by atoms with Gasteiger partial charge in [0.2, 0.25) is 0 Å². The Labute approximate surface area is 119 Å². The van der Waals surface area contributed by atoms with Crippen molar-refractivity contribution in [2.45, 2.75) is 32.7 Å². The van der Waals surface area contributed by atoms with Crippen LogP contribution in [0.3, 0.4) is 0 Å². The molecular weight excluding hydrogens is 268 g/mol. The van der Waals surface area contributed by atoms with Gasteiger partial charge < -0.3 is 14.4 Å². The minimum atomic E-state index is -0.284. The van der Waals surface area contributed by atoms with E-state index in [4.69, 9.17) is 9.47 Å². The fourth-order valence-corrected chi connectivity index (χ4v) is 2.04. The van der Waals surface area contributed by atoms with Crippen LogP contribution in [0.2, 0.25) is 0 Å². The number of amides is 1. The maximum atomic E-state index is 11.9. The number of morpholine rings is 1. The van der Waals surface area contributed by atoms with Crippen LogP contribution in [0.5, 0.6) is 0 Å². The second-order valence-electron chi connectivity index (χ2n) is 4.57. The van der Waals surface area contributed by atoms with Crippen LogP contribution in [0, 0.1) is 0 Å². The van der Waals surface area contributed by atoms with Crippen molar-refractivity contribution in [3.8, 4) is 0 Å². The third-order valence-corrected chi connectivity index (χ3v) is 2.79. The fraction of sp³-hybridized carbons (Fsp3) is 0.538. The number of hydrogen-bond acceptors (Lipinski definition) is 4. The number of carbonyl (C=O) groups is 1. The summed E-state index contributed by atoms with van der Waals surface area (Å²) in [5.41, 5.74) is 0.938. The second kappa shape index (κ2) is 7.31. The number of ether oxygens (including phenoxy) is 2. The van der Waals surface area contributed by atoms with Gasteiger partial charge in [-0.15, -0.1) is 12.4 Å². The van der Waals surface area contributed by atoms with Crippen molar-refractivity contribution in [3.05, 3.63) is 30.1 Å². The highest BCUT2D eigenvalue weighted by atomic mass is 35.5. The summed E-state index contributed by atoms with van der Waals surface area (Å²) in [6.45, 7) is 5.36. The molecule has 1 aliphatic rings. The standard InChI is InChI=1S/C13H18N2O3.ClH/c1-10-7-15(8-11(2)18-10)13(16)17-9-12-3-5-14-6-4-12;/h3-6,10-11H,7-9H2,1-2H3;1H/t10-,11+;. The van der Waals surface area contributed by atoms with Gasteiger partial charge in [-0.3, -0.25) is 4.98 Å². The molecule has 0 aromatic carbocycles. The van der Waals surface area contributed by atoms with Crippen LogP contribution < -0.4 is 0 Å². The molecule has 106 valence electrons. The van der Waals surface area contributed by atoms with Crippen molar-refractivity contribution in [1.29, 1.82) is 0 Å². The monoisotopic (exact) mass is 286 g/mol. The van der Waals surface area contributed by atoms with Crippen molar-refractivity contribution in [1.82, 2.24) is 9.88 Å². The zero-order valence-electron chi connectivity index (χ0n) is 11.1. The van der Waals surface area contributed by atoms with Gasteiger partial charge >= 0.3 is 6.09 Å². The van der Waals surface area contributed by atoms with E-state index in [-0.39, 0.29) is 37.3 Å². The van der Waals surface area contributed by atoms with Crippen LogP contribution in [0.1, 0.15) is 19.4 Å². The number of aromatic nitrogens is 1. The number of hydrogen-bond donors (Lipinski definition) is 0. The quantitative estimate of drug-likeness (QED) is 0.837. The molecule has 5 nitrogen and oxygen atoms in total. The molecule has 0 bridgehead atoms. The van der Waals surface area contributed by atoms with E-state index in [0.717, 1.165) is 5.56 Å². The highest BCUT2D eigenvalue weighted by Gasteiger charge is 2.26. The van der Waals surface area contributed by atoms with E-state index >= 15 is 0 Å². The summed E-state index contributed by atoms with van der Waals surface area (Å²) in [7, 11) is 0. The molecule has 0 radical (unpaired) electrons. The normalized spacial score (nSPS) is 22.5. The van der Waals surface area contributed by atoms with Crippen molar-refractivity contribution in [2.24, 2.45) is 0 Å². The average molecular weight is 287 g/mol. The van der Waals surface area contributed by atoms with Crippen LogP contribution >= 0.6 is 12.4 Å². The van der Waals surface area contributed by atoms with Crippen molar-refractivity contribution in [2.75, 3.05) is 13.1 Å². The Balaban J connectivity index is 0.00000180. The van der Waals surface area contributed by atoms with Gasteiger partial charge in [0.25, 0.3) is 0 Å². The first-order valence-electron chi connectivity index (χ1n) is 6.11. The molecule has 0 spiro atoms. The summed E-state index contributed by atoms with van der Waals surface area (Å²) in [5, 5.41) is 0. The fourth-order valence-electron chi connectivity index (χ4n) is 2.04. The Bertz CT molecular complexity index is 392. The van der Waals surface area contributed by atoms with Crippen LogP contribution in [0.15, 0.2) is 24.5 Å². The summed E-state index contributed by atoms with van der Waals surface area (Å²) >= 11 is 0. The van der Waals surface area contributed by atoms with Crippen LogP contribution in [0.25, 0.3) is 0 Å². The molecule has 1 aromatic heterocycles. The molecule has 1 saturated heterocycles. The molecular formula is C13H19ClN2O3. The highest BCUT2D eigenvalue weighted by Crippen LogP contribution is 2.12. The van der Waals surface area contributed by atoms with E-state index in [0.29, 0.717) is 13.1 Å². The van der Waals surface area contributed by atoms with E-state index in [2.05, 4.69) is 4.98 Å². The molecule has 1 fully saturated rings. The Hall–Kier alpha value is -1.33. The molecule has 6 heteroatoms. The van der Waals surface area contributed by atoms with Crippen molar-refractivity contribution < 1.29 is 14.3 Å². The Kier molecular flexibility index (Phi) is 6.05. The predicted octanol–water partition coefficient (Wildman–Crippen LogP) is 2.25. The number of nitrogens with zero attached hydrogens (tertiary/aromatic N) is 2. The first-order valence-corrected chi connectivity index (χ1v) is 6.11. The Morgan fingerprint density at radius 3 is 2.53 bits per heavy atom. The average Bonchev–Trinajstić information content (AvgIpc) is 2.36. The molecule has 2 atom stereocenters. The summed E-state index contributed by atoms with van der Waals surface area (Å²) in [5.74, 6) is 0. The molecule has 2 rings (SSSR count). The van der Waals surface area contributed by atoms with Crippen molar-refractivity contribution in [3.63, 3.8) is 0 Å². The predicted molar refractivity (Wildman–Crippen MR) is 73.3 cm³/mol. The summed E-state index contributed by atoms with van der Waals surface area (Å²) in [4.78, 5) is 17.5. The number of pyridine rings is 1. The van der Waals surface area contributed by atoms with Gasteiger partial charge in [0.15, 0.2) is 0 Å². The third kappa shape index (κ3) is 4.69. The molecule has 0 saturated carbocycles. The minimum Gasteiger partial charge on any atom is -0.445 e. The van der Waals surface area contributed by atoms with Gasteiger partial charge in [0.1, 0.15) is 6.61 Å². The smallest absolute Gasteiger partial charge is 0.410 e. The first kappa shape index (κ1) is 15.7. The lowest BCUT2D eigenvalue weighted by atomic mass is 10.2. The maximum absolute atomic E-state index is 11.9. The van der Waals surface area contributed by atoms with Gasteiger partial charge in [-0.05, 0) is 31.5 Å². The minimum absolute atomic E-state index is 0. The Morgan fingerprint density at radius 1 is 1.37 bits per heavy atom. The number of halogens is 1. The zero-order chi connectivity index (χ0) is 13.0. The lowest BCUT2D eigenvalue weighted by Crippen LogP contribution is -2.48. The third-order valence-electron chi connectivity index (χ3n) is 2.79. The van der Waals surface area contributed by atoms with E-state index in [1.165, 1.54) is 0 Å². The van der Waals surface area contributed by atoms with Crippen molar-refractivity contribution >= 4 is 18.5 Å². The van der Waals surface area contributed by atoms with E-state index < -0.39 is 0 Å². The summed E-state index contributed by atoms with van der Waals surface area (Å²) < 4.78 is 10.8. The van der Waals surface area contributed by atoms with Gasteiger partial charge in [0.05, 0.1) is 25.3 Å². The summed E-state index contributed by atoms with van der Waals surface area (Å²) in [6.07, 6.45) is 3.20. The number of carbonyl (C=O) groups excluding carboxylic acids is 1. The topological polar surface area (TPSA) is 51.7 Å². The van der Waals surface area contributed by atoms with Gasteiger partial charge in [-0.1, -0.05) is 0 Å². The lowest BCUT2D eigenvalue weighted by Gasteiger charge is -2.34. The van der Waals surface area contributed by atoms with Crippen LogP contribution in [-0.4, -0.2) is 41.3 Å². The molecule has 1 aliphatic heterocycles. The first-order chi connectivity index (χ1) is 8.65. The lowest BCUT2D eigenvalue weighted by molar-refractivity contribution is -0.0644. The zero-order valence-corrected chi connectivity index (χ0v) is 11.9. The summed E-state index contributed by atoms with van der Waals surface area (Å²) in [6, 6.07) is 3.66. The molecule has 1 aromatic rings. The van der Waals surface area contributed by atoms with E-state index in [9.17, 15) is 4.79 Å². The van der Waals surface area contributed by atoms with Gasteiger partial charge in [-0.25, -0.2) is 4.79 Å². The van der Waals surface area contributed by atoms with E-state index in [1.54, 1.807) is 17.3 Å². The molecule has 1 amide bonds. The van der Waals surface area contributed by atoms with E-state index in [1.807, 2.05) is 26.0 Å². The number of rotatable bonds is 2. The van der Waals surface area contributed by atoms with Gasteiger partial charge in [-0.2, -0.15) is 0 Å². The molecule has 2 heterocycles. The maximum Gasteiger partial charge on any atom is 0.410 e. The van der Waals surface area contributed by atoms with Crippen LogP contribution in [0.4, 0.5) is 4.79 Å². The molecule has 0 N–H and O–H groups in total. The Morgan fingerprint density at radius 2 is 1.95 bits per heavy atom. The molecule has 0 aliphatic carbocycles. The SMILES string of the molecule is C[C@@H]1CN(C(=O)OCc2ccncc2)C[C@H](C)O1.Cl. The second-order valence-corrected chi connectivity index (χ2v) is 4.57. The molecule has 19 heavy (non-hydrogen) atoms. The largest absolute Gasteiger partial charge is 0.445 e. The van der Waals surface area contributed by atoms with Crippen LogP contribution in [-0.2, 0) is 16.1 Å².